The van der Waals surface area contributed by atoms with Crippen molar-refractivity contribution >= 4 is 23.5 Å². The summed E-state index contributed by atoms with van der Waals surface area (Å²) >= 11 is 5.94. The molecule has 1 aromatic heterocycles. The van der Waals surface area contributed by atoms with E-state index in [4.69, 9.17) is 16.7 Å². The molecule has 1 amide bonds. The lowest BCUT2D eigenvalue weighted by atomic mass is 10.1. The molecule has 3 aromatic rings. The van der Waals surface area contributed by atoms with E-state index in [0.717, 1.165) is 17.7 Å². The molecule has 0 atom stereocenters. The van der Waals surface area contributed by atoms with E-state index in [1.807, 2.05) is 17.0 Å². The Morgan fingerprint density at radius 3 is 2.16 bits per heavy atom. The average molecular weight is 536 g/mol. The number of rotatable bonds is 7. The number of aliphatic carboxylic acids is 1. The molecule has 4 rings (SSSR count). The number of amides is 1. The van der Waals surface area contributed by atoms with E-state index in [1.54, 1.807) is 12.1 Å². The number of alkyl halides is 3. The fraction of sp³-hybridized carbons (Fsp3) is 0.240. The van der Waals surface area contributed by atoms with Crippen LogP contribution in [0, 0.1) is 0 Å². The molecule has 0 unspecified atom stereocenters. The van der Waals surface area contributed by atoms with Crippen LogP contribution in [-0.4, -0.2) is 38.1 Å². The number of fused-ring (bicyclic) bond motifs is 1. The standard InChI is InChI=1S/C25H21ClF3N3O5/c26-17-7-3-14(4-8-17)10-31-12-18-19(13-31)32(11-15-1-5-16(6-2-15)25(27,28)29)24(37)21(22(18)35)23(36)30-9-20(33)34/h1-8,35H,9-13H2,(H,30,36)(H,33,34). The molecular formula is C25H21ClF3N3O5. The summed E-state index contributed by atoms with van der Waals surface area (Å²) in [4.78, 5) is 38.8. The molecule has 0 aliphatic carbocycles. The summed E-state index contributed by atoms with van der Waals surface area (Å²) in [6.45, 7) is -0.0982. The monoisotopic (exact) mass is 535 g/mol. The minimum absolute atomic E-state index is 0.159. The number of nitrogens with one attached hydrogen (secondary N) is 1. The number of hydrogen-bond donors (Lipinski definition) is 3. The van der Waals surface area contributed by atoms with Gasteiger partial charge in [0.1, 0.15) is 17.9 Å². The molecule has 0 radical (unpaired) electrons. The zero-order valence-corrected chi connectivity index (χ0v) is 19.9. The van der Waals surface area contributed by atoms with Gasteiger partial charge in [-0.1, -0.05) is 35.9 Å². The van der Waals surface area contributed by atoms with E-state index in [-0.39, 0.29) is 19.6 Å². The second kappa shape index (κ2) is 10.3. The predicted molar refractivity (Wildman–Crippen MR) is 127 cm³/mol. The Morgan fingerprint density at radius 2 is 1.57 bits per heavy atom. The topological polar surface area (TPSA) is 112 Å². The summed E-state index contributed by atoms with van der Waals surface area (Å²) < 4.78 is 40.1. The van der Waals surface area contributed by atoms with E-state index in [1.165, 1.54) is 16.7 Å². The van der Waals surface area contributed by atoms with Crippen molar-refractivity contribution in [3.05, 3.63) is 97.4 Å². The number of carbonyl (C=O) groups is 2. The highest BCUT2D eigenvalue weighted by atomic mass is 35.5. The predicted octanol–water partition coefficient (Wildman–Crippen LogP) is 3.60. The summed E-state index contributed by atoms with van der Waals surface area (Å²) in [5, 5.41) is 22.4. The van der Waals surface area contributed by atoms with Gasteiger partial charge < -0.3 is 20.1 Å². The van der Waals surface area contributed by atoms with Crippen molar-refractivity contribution in [2.45, 2.75) is 32.4 Å². The van der Waals surface area contributed by atoms with Crippen LogP contribution in [-0.2, 0) is 37.1 Å². The molecule has 1 aliphatic rings. The van der Waals surface area contributed by atoms with Crippen LogP contribution in [0.5, 0.6) is 5.75 Å². The minimum atomic E-state index is -4.52. The van der Waals surface area contributed by atoms with Crippen molar-refractivity contribution in [2.75, 3.05) is 6.54 Å². The number of pyridine rings is 1. The van der Waals surface area contributed by atoms with Crippen LogP contribution in [0.25, 0.3) is 0 Å². The summed E-state index contributed by atoms with van der Waals surface area (Å²) in [7, 11) is 0. The van der Waals surface area contributed by atoms with Gasteiger partial charge in [0.15, 0.2) is 0 Å². The van der Waals surface area contributed by atoms with Crippen LogP contribution in [0.2, 0.25) is 5.02 Å². The fourth-order valence-electron chi connectivity index (χ4n) is 4.21. The molecule has 0 saturated carbocycles. The van der Waals surface area contributed by atoms with Crippen LogP contribution in [0.1, 0.15) is 38.3 Å². The number of aromatic hydroxyl groups is 1. The lowest BCUT2D eigenvalue weighted by Crippen LogP contribution is -2.37. The third kappa shape index (κ3) is 5.78. The Balaban J connectivity index is 1.72. The highest BCUT2D eigenvalue weighted by Crippen LogP contribution is 2.33. The molecule has 2 heterocycles. The highest BCUT2D eigenvalue weighted by Gasteiger charge is 2.32. The Labute approximate surface area is 213 Å². The smallest absolute Gasteiger partial charge is 0.416 e. The van der Waals surface area contributed by atoms with Crippen molar-refractivity contribution in [3.63, 3.8) is 0 Å². The van der Waals surface area contributed by atoms with Gasteiger partial charge in [-0.15, -0.1) is 0 Å². The van der Waals surface area contributed by atoms with E-state index in [9.17, 15) is 32.7 Å². The molecule has 0 saturated heterocycles. The van der Waals surface area contributed by atoms with Gasteiger partial charge in [-0.25, -0.2) is 0 Å². The lowest BCUT2D eigenvalue weighted by molar-refractivity contribution is -0.138. The number of carboxylic acid groups (broad SMARTS) is 1. The van der Waals surface area contributed by atoms with Crippen LogP contribution < -0.4 is 10.9 Å². The second-order valence-electron chi connectivity index (χ2n) is 8.58. The third-order valence-electron chi connectivity index (χ3n) is 5.98. The first kappa shape index (κ1) is 26.2. The van der Waals surface area contributed by atoms with Gasteiger partial charge in [0.25, 0.3) is 11.5 Å². The third-order valence-corrected chi connectivity index (χ3v) is 6.23. The normalized spacial score (nSPS) is 13.4. The maximum absolute atomic E-state index is 13.4. The van der Waals surface area contributed by atoms with E-state index in [0.29, 0.717) is 28.4 Å². The summed E-state index contributed by atoms with van der Waals surface area (Å²) in [6, 6.07) is 11.4. The quantitative estimate of drug-likeness (QED) is 0.426. The summed E-state index contributed by atoms with van der Waals surface area (Å²) in [5.41, 5.74) is -0.356. The molecule has 2 aromatic carbocycles. The molecule has 1 aliphatic heterocycles. The van der Waals surface area contributed by atoms with Gasteiger partial charge in [0, 0.05) is 35.9 Å². The maximum atomic E-state index is 13.4. The number of carboxylic acids is 1. The van der Waals surface area contributed by atoms with E-state index in [2.05, 4.69) is 5.32 Å². The largest absolute Gasteiger partial charge is 0.506 e. The van der Waals surface area contributed by atoms with Crippen LogP contribution in [0.3, 0.4) is 0 Å². The Bertz CT molecular complexity index is 1400. The van der Waals surface area contributed by atoms with Crippen molar-refractivity contribution in [1.29, 1.82) is 0 Å². The van der Waals surface area contributed by atoms with E-state index >= 15 is 0 Å². The Morgan fingerprint density at radius 1 is 0.973 bits per heavy atom. The van der Waals surface area contributed by atoms with Gasteiger partial charge in [-0.2, -0.15) is 13.2 Å². The molecule has 0 bridgehead atoms. The van der Waals surface area contributed by atoms with Crippen molar-refractivity contribution < 1.29 is 33.0 Å². The van der Waals surface area contributed by atoms with Crippen LogP contribution in [0.4, 0.5) is 13.2 Å². The Kier molecular flexibility index (Phi) is 7.28. The molecule has 3 N–H and O–H groups in total. The van der Waals surface area contributed by atoms with Gasteiger partial charge in [-0.3, -0.25) is 19.3 Å². The molecule has 0 spiro atoms. The minimum Gasteiger partial charge on any atom is -0.506 e. The zero-order valence-electron chi connectivity index (χ0n) is 19.2. The van der Waals surface area contributed by atoms with Gasteiger partial charge >= 0.3 is 12.1 Å². The molecule has 194 valence electrons. The summed E-state index contributed by atoms with van der Waals surface area (Å²) in [5.74, 6) is -2.96. The lowest BCUT2D eigenvalue weighted by Gasteiger charge is -2.17. The first-order valence-corrected chi connectivity index (χ1v) is 11.4. The SMILES string of the molecule is O=C(O)CNC(=O)c1c(O)c2c(n(Cc3ccc(C(F)(F)F)cc3)c1=O)CN(Cc1ccc(Cl)cc1)C2. The highest BCUT2D eigenvalue weighted by molar-refractivity contribution is 6.30. The Hall–Kier alpha value is -3.83. The number of nitrogens with zero attached hydrogens (tertiary/aromatic N) is 2. The van der Waals surface area contributed by atoms with Crippen molar-refractivity contribution in [3.8, 4) is 5.75 Å². The number of hydrogen-bond acceptors (Lipinski definition) is 5. The number of carbonyl (C=O) groups excluding carboxylic acids is 1. The molecular weight excluding hydrogens is 515 g/mol. The van der Waals surface area contributed by atoms with Gasteiger partial charge in [-0.05, 0) is 35.4 Å². The molecule has 12 heteroatoms. The average Bonchev–Trinajstić information content (AvgIpc) is 3.25. The molecule has 0 fully saturated rings. The van der Waals surface area contributed by atoms with Crippen molar-refractivity contribution in [2.24, 2.45) is 0 Å². The maximum Gasteiger partial charge on any atom is 0.416 e. The van der Waals surface area contributed by atoms with Crippen molar-refractivity contribution in [1.82, 2.24) is 14.8 Å². The number of benzene rings is 2. The number of halogens is 4. The fourth-order valence-corrected chi connectivity index (χ4v) is 4.33. The first-order chi connectivity index (χ1) is 17.4. The number of aromatic nitrogens is 1. The van der Waals surface area contributed by atoms with Crippen LogP contribution >= 0.6 is 11.6 Å². The molecule has 8 nitrogen and oxygen atoms in total. The van der Waals surface area contributed by atoms with Gasteiger partial charge in [0.2, 0.25) is 0 Å². The van der Waals surface area contributed by atoms with Gasteiger partial charge in [0.05, 0.1) is 12.1 Å². The molecule has 37 heavy (non-hydrogen) atoms. The summed E-state index contributed by atoms with van der Waals surface area (Å²) in [6.07, 6.45) is -4.52. The van der Waals surface area contributed by atoms with E-state index < -0.39 is 47.0 Å². The first-order valence-electron chi connectivity index (χ1n) is 11.0. The zero-order chi connectivity index (χ0) is 26.9. The van der Waals surface area contributed by atoms with Crippen LogP contribution in [0.15, 0.2) is 53.3 Å². The second-order valence-corrected chi connectivity index (χ2v) is 9.02.